The first kappa shape index (κ1) is 23.3. The Morgan fingerprint density at radius 3 is 1.77 bits per heavy atom. The summed E-state index contributed by atoms with van der Waals surface area (Å²) in [6.45, 7) is 9.17. The summed E-state index contributed by atoms with van der Waals surface area (Å²) < 4.78 is 5.22. The Kier molecular flexibility index (Phi) is 8.10. The third-order valence-electron chi connectivity index (χ3n) is 5.60. The average Bonchev–Trinajstić information content (AvgIpc) is 2.71. The van der Waals surface area contributed by atoms with Gasteiger partial charge in [-0.2, -0.15) is 0 Å². The molecular formula is C26H36N2O3. The molecule has 0 unspecified atom stereocenters. The van der Waals surface area contributed by atoms with Gasteiger partial charge in [0.2, 0.25) is 0 Å². The van der Waals surface area contributed by atoms with Crippen LogP contribution < -0.4 is 0 Å². The SMILES string of the molecule is CC(C)(C)OC(=O)N1CCC(O)CC1.c1ccc(C(c2ccccc2)N2CCC2)cc1. The van der Waals surface area contributed by atoms with E-state index in [-0.39, 0.29) is 12.2 Å². The van der Waals surface area contributed by atoms with Crippen LogP contribution in [0.5, 0.6) is 0 Å². The summed E-state index contributed by atoms with van der Waals surface area (Å²) in [5, 5.41) is 9.26. The van der Waals surface area contributed by atoms with Crippen molar-refractivity contribution in [1.82, 2.24) is 9.80 Å². The molecule has 5 nitrogen and oxygen atoms in total. The van der Waals surface area contributed by atoms with Gasteiger partial charge in [-0.05, 0) is 51.2 Å². The molecule has 5 heteroatoms. The van der Waals surface area contributed by atoms with Gasteiger partial charge in [-0.1, -0.05) is 60.7 Å². The van der Waals surface area contributed by atoms with Crippen LogP contribution in [0.25, 0.3) is 0 Å². The molecule has 1 N–H and O–H groups in total. The number of hydrogen-bond acceptors (Lipinski definition) is 4. The fourth-order valence-corrected chi connectivity index (χ4v) is 3.86. The minimum absolute atomic E-state index is 0.256. The van der Waals surface area contributed by atoms with E-state index in [2.05, 4.69) is 65.6 Å². The summed E-state index contributed by atoms with van der Waals surface area (Å²) >= 11 is 0. The van der Waals surface area contributed by atoms with Crippen molar-refractivity contribution in [3.8, 4) is 0 Å². The second kappa shape index (κ2) is 10.8. The number of ether oxygens (including phenoxy) is 1. The molecule has 0 saturated carbocycles. The number of benzene rings is 2. The van der Waals surface area contributed by atoms with E-state index in [9.17, 15) is 9.90 Å². The Balaban J connectivity index is 0.000000180. The zero-order valence-electron chi connectivity index (χ0n) is 19.0. The highest BCUT2D eigenvalue weighted by atomic mass is 16.6. The Bertz CT molecular complexity index is 753. The van der Waals surface area contributed by atoms with Crippen LogP contribution >= 0.6 is 0 Å². The van der Waals surface area contributed by atoms with Gasteiger partial charge in [0.15, 0.2) is 0 Å². The van der Waals surface area contributed by atoms with Crippen molar-refractivity contribution < 1.29 is 14.6 Å². The summed E-state index contributed by atoms with van der Waals surface area (Å²) in [5.41, 5.74) is 2.37. The first-order valence-electron chi connectivity index (χ1n) is 11.3. The molecule has 2 aromatic rings. The molecule has 0 aromatic heterocycles. The monoisotopic (exact) mass is 424 g/mol. The Morgan fingerprint density at radius 1 is 0.903 bits per heavy atom. The fourth-order valence-electron chi connectivity index (χ4n) is 3.86. The van der Waals surface area contributed by atoms with Gasteiger partial charge in [0.05, 0.1) is 12.1 Å². The second-order valence-corrected chi connectivity index (χ2v) is 9.31. The number of aliphatic hydroxyl groups is 1. The number of hydrogen-bond donors (Lipinski definition) is 1. The number of rotatable bonds is 3. The average molecular weight is 425 g/mol. The van der Waals surface area contributed by atoms with Crippen molar-refractivity contribution >= 4 is 6.09 Å². The number of aliphatic hydroxyl groups excluding tert-OH is 1. The van der Waals surface area contributed by atoms with Crippen molar-refractivity contribution in [1.29, 1.82) is 0 Å². The number of nitrogens with zero attached hydrogens (tertiary/aromatic N) is 2. The van der Waals surface area contributed by atoms with Crippen LogP contribution in [0.2, 0.25) is 0 Å². The van der Waals surface area contributed by atoms with Gasteiger partial charge in [-0.25, -0.2) is 4.79 Å². The van der Waals surface area contributed by atoms with E-state index in [1.54, 1.807) is 4.90 Å². The summed E-state index contributed by atoms with van der Waals surface area (Å²) in [6.07, 6.45) is 2.10. The van der Waals surface area contributed by atoms with E-state index in [0.717, 1.165) is 0 Å². The molecule has 0 spiro atoms. The first-order valence-corrected chi connectivity index (χ1v) is 11.3. The molecule has 2 fully saturated rings. The maximum Gasteiger partial charge on any atom is 0.410 e. The van der Waals surface area contributed by atoms with E-state index >= 15 is 0 Å². The van der Waals surface area contributed by atoms with Gasteiger partial charge in [-0.15, -0.1) is 0 Å². The van der Waals surface area contributed by atoms with Crippen LogP contribution in [0.4, 0.5) is 4.79 Å². The van der Waals surface area contributed by atoms with Gasteiger partial charge >= 0.3 is 6.09 Å². The van der Waals surface area contributed by atoms with Crippen molar-refractivity contribution in [3.63, 3.8) is 0 Å². The Morgan fingerprint density at radius 2 is 1.39 bits per heavy atom. The minimum atomic E-state index is -0.437. The van der Waals surface area contributed by atoms with Crippen molar-refractivity contribution in [3.05, 3.63) is 71.8 Å². The topological polar surface area (TPSA) is 53.0 Å². The predicted molar refractivity (Wildman–Crippen MR) is 124 cm³/mol. The highest BCUT2D eigenvalue weighted by molar-refractivity contribution is 5.68. The highest BCUT2D eigenvalue weighted by Gasteiger charge is 2.27. The number of amides is 1. The lowest BCUT2D eigenvalue weighted by Crippen LogP contribution is -2.42. The van der Waals surface area contributed by atoms with Crippen molar-refractivity contribution in [2.45, 2.75) is 57.8 Å². The zero-order valence-corrected chi connectivity index (χ0v) is 19.0. The lowest BCUT2D eigenvalue weighted by atomic mass is 9.95. The number of likely N-dealkylation sites (tertiary alicyclic amines) is 2. The van der Waals surface area contributed by atoms with Gasteiger partial charge in [0.1, 0.15) is 5.60 Å². The number of carbonyl (C=O) groups is 1. The fraction of sp³-hybridized carbons (Fsp3) is 0.500. The van der Waals surface area contributed by atoms with E-state index in [1.165, 1.54) is 30.6 Å². The van der Waals surface area contributed by atoms with Gasteiger partial charge in [-0.3, -0.25) is 4.90 Å². The first-order chi connectivity index (χ1) is 14.8. The van der Waals surface area contributed by atoms with Crippen LogP contribution in [0.1, 0.15) is 57.2 Å². The third kappa shape index (κ3) is 7.08. The molecule has 2 aromatic carbocycles. The summed E-state index contributed by atoms with van der Waals surface area (Å²) in [5.74, 6) is 0. The van der Waals surface area contributed by atoms with Crippen molar-refractivity contribution in [2.75, 3.05) is 26.2 Å². The highest BCUT2D eigenvalue weighted by Crippen LogP contribution is 2.31. The minimum Gasteiger partial charge on any atom is -0.444 e. The molecule has 4 rings (SSSR count). The van der Waals surface area contributed by atoms with E-state index in [0.29, 0.717) is 32.0 Å². The van der Waals surface area contributed by atoms with Gasteiger partial charge in [0.25, 0.3) is 0 Å². The van der Waals surface area contributed by atoms with E-state index in [1.807, 2.05) is 20.8 Å². The molecule has 31 heavy (non-hydrogen) atoms. The summed E-state index contributed by atoms with van der Waals surface area (Å²) in [7, 11) is 0. The van der Waals surface area contributed by atoms with Crippen LogP contribution in [0, 0.1) is 0 Å². The molecule has 0 bridgehead atoms. The lowest BCUT2D eigenvalue weighted by Gasteiger charge is -2.39. The molecule has 2 aliphatic rings. The molecule has 2 heterocycles. The normalized spacial score (nSPS) is 17.5. The maximum absolute atomic E-state index is 11.5. The predicted octanol–water partition coefficient (Wildman–Crippen LogP) is 4.86. The van der Waals surface area contributed by atoms with E-state index in [4.69, 9.17) is 4.74 Å². The molecule has 1 amide bonds. The Labute approximate surface area is 186 Å². The van der Waals surface area contributed by atoms with Crippen LogP contribution in [-0.2, 0) is 4.74 Å². The molecule has 0 radical (unpaired) electrons. The molecule has 168 valence electrons. The molecule has 2 saturated heterocycles. The molecule has 0 aliphatic carbocycles. The third-order valence-corrected chi connectivity index (χ3v) is 5.60. The smallest absolute Gasteiger partial charge is 0.410 e. The standard InChI is InChI=1S/C16H17N.C10H19NO3/c1-3-8-14(9-4-1)16(17-12-7-13-17)15-10-5-2-6-11-15;1-10(2,3)14-9(13)11-6-4-8(12)5-7-11/h1-6,8-11,16H,7,12-13H2;8,12H,4-7H2,1-3H3. The van der Waals surface area contributed by atoms with Crippen LogP contribution in [-0.4, -0.2) is 58.9 Å². The van der Waals surface area contributed by atoms with Gasteiger partial charge in [0, 0.05) is 26.2 Å². The molecule has 0 atom stereocenters. The van der Waals surface area contributed by atoms with E-state index < -0.39 is 5.60 Å². The van der Waals surface area contributed by atoms with Gasteiger partial charge < -0.3 is 14.7 Å². The molecule has 2 aliphatic heterocycles. The number of piperidine rings is 1. The largest absolute Gasteiger partial charge is 0.444 e. The maximum atomic E-state index is 11.5. The van der Waals surface area contributed by atoms with Crippen LogP contribution in [0.15, 0.2) is 60.7 Å². The second-order valence-electron chi connectivity index (χ2n) is 9.31. The van der Waals surface area contributed by atoms with Crippen molar-refractivity contribution in [2.24, 2.45) is 0 Å². The summed E-state index contributed by atoms with van der Waals surface area (Å²) in [4.78, 5) is 15.7. The zero-order chi connectivity index (χ0) is 22.3. The quantitative estimate of drug-likeness (QED) is 0.765. The summed E-state index contributed by atoms with van der Waals surface area (Å²) in [6, 6.07) is 22.1. The molecular weight excluding hydrogens is 388 g/mol. The Hall–Kier alpha value is -2.37. The lowest BCUT2D eigenvalue weighted by molar-refractivity contribution is 0.0101. The van der Waals surface area contributed by atoms with Crippen LogP contribution in [0.3, 0.4) is 0 Å². The number of carbonyl (C=O) groups excluding carboxylic acids is 1.